The summed E-state index contributed by atoms with van der Waals surface area (Å²) in [6.45, 7) is 4.06. The number of aromatic nitrogens is 1. The van der Waals surface area contributed by atoms with E-state index in [0.717, 1.165) is 18.4 Å². The molecule has 0 fully saturated rings. The average Bonchev–Trinajstić information content (AvgIpc) is 3.00. The number of aliphatic carboxylic acids is 1. The highest BCUT2D eigenvalue weighted by Crippen LogP contribution is 2.15. The van der Waals surface area contributed by atoms with Crippen LogP contribution in [-0.2, 0) is 11.8 Å². The van der Waals surface area contributed by atoms with E-state index in [9.17, 15) is 9.59 Å². The predicted octanol–water partition coefficient (Wildman–Crippen LogP) is 4.87. The van der Waals surface area contributed by atoms with E-state index >= 15 is 0 Å². The van der Waals surface area contributed by atoms with E-state index in [1.807, 2.05) is 36.9 Å². The molecular weight excluding hydrogens is 340 g/mol. The molecule has 1 aromatic heterocycles. The van der Waals surface area contributed by atoms with Crippen LogP contribution in [-0.4, -0.2) is 21.4 Å². The van der Waals surface area contributed by atoms with E-state index in [-0.39, 0.29) is 5.78 Å². The van der Waals surface area contributed by atoms with Gasteiger partial charge >= 0.3 is 5.97 Å². The highest BCUT2D eigenvalue weighted by molar-refractivity contribution is 6.08. The second-order valence-electron chi connectivity index (χ2n) is 6.53. The van der Waals surface area contributed by atoms with Crippen molar-refractivity contribution < 1.29 is 14.7 Å². The van der Waals surface area contributed by atoms with Gasteiger partial charge in [-0.3, -0.25) is 9.59 Å². The van der Waals surface area contributed by atoms with Crippen LogP contribution in [0.25, 0.3) is 0 Å². The number of carboxylic acid groups (broad SMARTS) is 1. The maximum atomic E-state index is 12.2. The summed E-state index contributed by atoms with van der Waals surface area (Å²) in [6.07, 6.45) is 7.75. The molecule has 0 amide bonds. The molecule has 1 aromatic carbocycles. The number of carboxylic acids is 1. The van der Waals surface area contributed by atoms with Gasteiger partial charge in [-0.2, -0.15) is 5.26 Å². The van der Waals surface area contributed by atoms with Crippen LogP contribution in [0.2, 0.25) is 0 Å². The molecule has 2 aromatic rings. The van der Waals surface area contributed by atoms with Crippen molar-refractivity contribution in [2.75, 3.05) is 0 Å². The van der Waals surface area contributed by atoms with Gasteiger partial charge < -0.3 is 9.67 Å². The summed E-state index contributed by atoms with van der Waals surface area (Å²) in [5, 5.41) is 17.0. The zero-order chi connectivity index (χ0) is 20.2. The van der Waals surface area contributed by atoms with Gasteiger partial charge in [-0.15, -0.1) is 0 Å². The third-order valence-electron chi connectivity index (χ3n) is 4.26. The van der Waals surface area contributed by atoms with Crippen LogP contribution in [0.1, 0.15) is 72.6 Å². The third kappa shape index (κ3) is 7.49. The molecule has 0 saturated carbocycles. The third-order valence-corrected chi connectivity index (χ3v) is 4.26. The van der Waals surface area contributed by atoms with Gasteiger partial charge in [-0.25, -0.2) is 0 Å². The zero-order valence-corrected chi connectivity index (χ0v) is 16.4. The molecule has 0 radical (unpaired) electrons. The molecule has 0 bridgehead atoms. The SMILES string of the molecule is CCCCCCCC(=O)O.Cc1ccn(C)c1C(=O)c1ccc(C#N)cc1. The predicted molar refractivity (Wildman–Crippen MR) is 106 cm³/mol. The van der Waals surface area contributed by atoms with Gasteiger partial charge in [0.1, 0.15) is 0 Å². The summed E-state index contributed by atoms with van der Waals surface area (Å²) in [6, 6.07) is 10.6. The zero-order valence-electron chi connectivity index (χ0n) is 16.4. The molecule has 1 heterocycles. The van der Waals surface area contributed by atoms with Crippen molar-refractivity contribution in [2.24, 2.45) is 7.05 Å². The monoisotopic (exact) mass is 368 g/mol. The number of carbonyl (C=O) groups is 2. The van der Waals surface area contributed by atoms with E-state index in [4.69, 9.17) is 10.4 Å². The van der Waals surface area contributed by atoms with Crippen LogP contribution in [0.4, 0.5) is 0 Å². The first-order chi connectivity index (χ1) is 12.9. The minimum absolute atomic E-state index is 0.0144. The Morgan fingerprint density at radius 1 is 1.07 bits per heavy atom. The van der Waals surface area contributed by atoms with Crippen LogP contribution in [0.5, 0.6) is 0 Å². The molecule has 0 atom stereocenters. The quantitative estimate of drug-likeness (QED) is 0.532. The molecule has 27 heavy (non-hydrogen) atoms. The minimum atomic E-state index is -0.670. The minimum Gasteiger partial charge on any atom is -0.481 e. The lowest BCUT2D eigenvalue weighted by molar-refractivity contribution is -0.137. The summed E-state index contributed by atoms with van der Waals surface area (Å²) >= 11 is 0. The number of aryl methyl sites for hydroxylation is 2. The topological polar surface area (TPSA) is 83.1 Å². The fraction of sp³-hybridized carbons (Fsp3) is 0.409. The van der Waals surface area contributed by atoms with Crippen LogP contribution in [0, 0.1) is 18.3 Å². The van der Waals surface area contributed by atoms with Crippen molar-refractivity contribution >= 4 is 11.8 Å². The smallest absolute Gasteiger partial charge is 0.303 e. The van der Waals surface area contributed by atoms with Crippen LogP contribution >= 0.6 is 0 Å². The Hall–Kier alpha value is -2.87. The van der Waals surface area contributed by atoms with Gasteiger partial charge in [0.2, 0.25) is 5.78 Å². The van der Waals surface area contributed by atoms with E-state index in [1.165, 1.54) is 19.3 Å². The fourth-order valence-electron chi connectivity index (χ4n) is 2.71. The van der Waals surface area contributed by atoms with Crippen molar-refractivity contribution in [3.8, 4) is 6.07 Å². The largest absolute Gasteiger partial charge is 0.481 e. The Kier molecular flexibility index (Phi) is 9.60. The van der Waals surface area contributed by atoms with E-state index in [1.54, 1.807) is 24.3 Å². The number of carbonyl (C=O) groups excluding carboxylic acids is 1. The van der Waals surface area contributed by atoms with Gasteiger partial charge in [0.15, 0.2) is 0 Å². The first-order valence-electron chi connectivity index (χ1n) is 9.29. The number of hydrogen-bond acceptors (Lipinski definition) is 3. The maximum Gasteiger partial charge on any atom is 0.303 e. The molecule has 0 aliphatic carbocycles. The molecular formula is C22H28N2O3. The molecule has 5 nitrogen and oxygen atoms in total. The lowest BCUT2D eigenvalue weighted by Crippen LogP contribution is -2.08. The molecule has 2 rings (SSSR count). The molecule has 0 aliphatic rings. The number of nitrogens with zero attached hydrogens (tertiary/aromatic N) is 2. The second-order valence-corrected chi connectivity index (χ2v) is 6.53. The summed E-state index contributed by atoms with van der Waals surface area (Å²) < 4.78 is 1.82. The van der Waals surface area contributed by atoms with Crippen molar-refractivity contribution in [2.45, 2.75) is 52.4 Å². The van der Waals surface area contributed by atoms with Gasteiger partial charge in [0.25, 0.3) is 0 Å². The molecule has 0 aliphatic heterocycles. The van der Waals surface area contributed by atoms with E-state index in [0.29, 0.717) is 23.2 Å². The maximum absolute atomic E-state index is 12.2. The van der Waals surface area contributed by atoms with Crippen molar-refractivity contribution in [1.29, 1.82) is 5.26 Å². The highest BCUT2D eigenvalue weighted by atomic mass is 16.4. The Morgan fingerprint density at radius 3 is 2.19 bits per heavy atom. The number of nitriles is 1. The normalized spacial score (nSPS) is 9.85. The molecule has 0 unspecified atom stereocenters. The van der Waals surface area contributed by atoms with Gasteiger partial charge in [0, 0.05) is 25.2 Å². The Bertz CT molecular complexity index is 763. The molecule has 5 heteroatoms. The number of benzene rings is 1. The van der Waals surface area contributed by atoms with Crippen molar-refractivity contribution in [3.05, 3.63) is 58.9 Å². The lowest BCUT2D eigenvalue weighted by Gasteiger charge is -2.04. The first kappa shape index (κ1) is 22.2. The van der Waals surface area contributed by atoms with Gasteiger partial charge in [-0.05, 0) is 49.2 Å². The van der Waals surface area contributed by atoms with Gasteiger partial charge in [0.05, 0.1) is 17.3 Å². The van der Waals surface area contributed by atoms with Crippen LogP contribution in [0.15, 0.2) is 36.5 Å². The summed E-state index contributed by atoms with van der Waals surface area (Å²) in [4.78, 5) is 22.3. The van der Waals surface area contributed by atoms with E-state index < -0.39 is 5.97 Å². The molecule has 0 saturated heterocycles. The average molecular weight is 368 g/mol. The fourth-order valence-corrected chi connectivity index (χ4v) is 2.71. The number of hydrogen-bond donors (Lipinski definition) is 1. The lowest BCUT2D eigenvalue weighted by atomic mass is 10.0. The molecule has 0 spiro atoms. The van der Waals surface area contributed by atoms with Crippen molar-refractivity contribution in [1.82, 2.24) is 4.57 Å². The van der Waals surface area contributed by atoms with E-state index in [2.05, 4.69) is 6.92 Å². The van der Waals surface area contributed by atoms with Gasteiger partial charge in [-0.1, -0.05) is 32.6 Å². The van der Waals surface area contributed by atoms with Crippen molar-refractivity contribution in [3.63, 3.8) is 0 Å². The summed E-state index contributed by atoms with van der Waals surface area (Å²) in [5.41, 5.74) is 2.82. The summed E-state index contributed by atoms with van der Waals surface area (Å²) in [7, 11) is 1.85. The molecule has 144 valence electrons. The highest BCUT2D eigenvalue weighted by Gasteiger charge is 2.14. The molecule has 1 N–H and O–H groups in total. The Balaban J connectivity index is 0.000000314. The Morgan fingerprint density at radius 2 is 1.70 bits per heavy atom. The van der Waals surface area contributed by atoms with Crippen LogP contribution in [0.3, 0.4) is 0 Å². The number of ketones is 1. The second kappa shape index (κ2) is 11.7. The number of rotatable bonds is 8. The summed E-state index contributed by atoms with van der Waals surface area (Å²) in [5.74, 6) is -0.684. The number of unbranched alkanes of at least 4 members (excludes halogenated alkanes) is 4. The first-order valence-corrected chi connectivity index (χ1v) is 9.29. The Labute approximate surface area is 161 Å². The van der Waals surface area contributed by atoms with Crippen LogP contribution < -0.4 is 0 Å². The standard InChI is InChI=1S/C14H12N2O.C8H16O2/c1-10-7-8-16(2)13(10)14(17)12-5-3-11(9-15)4-6-12;1-2-3-4-5-6-7-8(9)10/h3-8H,1-2H3;2-7H2,1H3,(H,9,10).